The third kappa shape index (κ3) is 3.98. The van der Waals surface area contributed by atoms with Gasteiger partial charge in [0, 0.05) is 5.69 Å². The van der Waals surface area contributed by atoms with Crippen molar-refractivity contribution in [2.24, 2.45) is 0 Å². The molecule has 3 aromatic rings. The van der Waals surface area contributed by atoms with Crippen molar-refractivity contribution >= 4 is 0 Å². The summed E-state index contributed by atoms with van der Waals surface area (Å²) in [4.78, 5) is 15.7. The number of aromatic hydroxyl groups is 1. The van der Waals surface area contributed by atoms with Gasteiger partial charge in [-0.15, -0.1) is 0 Å². The van der Waals surface area contributed by atoms with E-state index >= 15 is 0 Å². The number of halogens is 1. The lowest BCUT2D eigenvalue weighted by atomic mass is 9.94. The Bertz CT molecular complexity index is 1020. The molecule has 1 aliphatic heterocycles. The molecule has 0 amide bonds. The molecule has 1 saturated heterocycles. The Labute approximate surface area is 169 Å². The molecular weight excluding hydrogens is 371 g/mol. The van der Waals surface area contributed by atoms with Crippen LogP contribution in [-0.4, -0.2) is 27.7 Å². The Kier molecular flexibility index (Phi) is 5.53. The number of aromatic nitrogens is 1. The minimum absolute atomic E-state index is 0.0249. The van der Waals surface area contributed by atoms with Gasteiger partial charge >= 0.3 is 0 Å². The first-order valence-corrected chi connectivity index (χ1v) is 10.00. The standard InChI is InChI=1S/C23H25FN2O3/c1-16-14-20(27)21(23(28)26(16)15-19-6-5-13-29-19)22(25-11-3-2-4-12-25)17-7-9-18(24)10-8-17/h5-10,13-14,22,27H,2-4,11-12,15H2,1H3/t22-/m0/s1. The fraction of sp³-hybridized carbons (Fsp3) is 0.348. The molecule has 0 aliphatic carbocycles. The number of rotatable bonds is 5. The average Bonchev–Trinajstić information content (AvgIpc) is 3.23. The normalized spacial score (nSPS) is 16.1. The van der Waals surface area contributed by atoms with Gasteiger partial charge in [-0.05, 0) is 68.8 Å². The van der Waals surface area contributed by atoms with Crippen molar-refractivity contribution in [2.75, 3.05) is 13.1 Å². The Morgan fingerprint density at radius 2 is 1.86 bits per heavy atom. The fourth-order valence-electron chi connectivity index (χ4n) is 4.16. The molecule has 1 aromatic carbocycles. The molecule has 0 spiro atoms. The first-order valence-electron chi connectivity index (χ1n) is 10.00. The summed E-state index contributed by atoms with van der Waals surface area (Å²) >= 11 is 0. The van der Waals surface area contributed by atoms with E-state index in [4.69, 9.17) is 4.42 Å². The predicted octanol–water partition coefficient (Wildman–Crippen LogP) is 4.22. The Balaban J connectivity index is 1.85. The smallest absolute Gasteiger partial charge is 0.260 e. The predicted molar refractivity (Wildman–Crippen MR) is 109 cm³/mol. The highest BCUT2D eigenvalue weighted by Crippen LogP contribution is 2.34. The van der Waals surface area contributed by atoms with E-state index in [2.05, 4.69) is 4.90 Å². The molecule has 3 heterocycles. The van der Waals surface area contributed by atoms with Gasteiger partial charge in [0.1, 0.15) is 17.3 Å². The first kappa shape index (κ1) is 19.5. The summed E-state index contributed by atoms with van der Waals surface area (Å²) in [6.07, 6.45) is 4.79. The van der Waals surface area contributed by atoms with E-state index < -0.39 is 6.04 Å². The molecule has 1 atom stereocenters. The van der Waals surface area contributed by atoms with Gasteiger partial charge in [0.2, 0.25) is 0 Å². The zero-order valence-corrected chi connectivity index (χ0v) is 16.5. The lowest BCUT2D eigenvalue weighted by Gasteiger charge is -2.35. The number of nitrogens with zero attached hydrogens (tertiary/aromatic N) is 2. The Hall–Kier alpha value is -2.86. The largest absolute Gasteiger partial charge is 0.507 e. The van der Waals surface area contributed by atoms with E-state index in [1.54, 1.807) is 42.0 Å². The van der Waals surface area contributed by atoms with Crippen molar-refractivity contribution in [3.63, 3.8) is 0 Å². The first-order chi connectivity index (χ1) is 14.0. The van der Waals surface area contributed by atoms with Crippen LogP contribution in [0.4, 0.5) is 4.39 Å². The van der Waals surface area contributed by atoms with Crippen LogP contribution >= 0.6 is 0 Å². The SMILES string of the molecule is Cc1cc(O)c([C@H](c2ccc(F)cc2)N2CCCCC2)c(=O)n1Cc1ccco1. The molecule has 1 N–H and O–H groups in total. The second-order valence-electron chi connectivity index (χ2n) is 7.61. The third-order valence-electron chi connectivity index (χ3n) is 5.63. The molecule has 2 aromatic heterocycles. The van der Waals surface area contributed by atoms with Crippen molar-refractivity contribution in [3.05, 3.63) is 87.5 Å². The molecule has 0 radical (unpaired) electrons. The molecule has 0 bridgehead atoms. The topological polar surface area (TPSA) is 58.6 Å². The number of likely N-dealkylation sites (tertiary alicyclic amines) is 1. The summed E-state index contributed by atoms with van der Waals surface area (Å²) in [6, 6.07) is 11.0. The monoisotopic (exact) mass is 396 g/mol. The summed E-state index contributed by atoms with van der Waals surface area (Å²) < 4.78 is 20.6. The van der Waals surface area contributed by atoms with Crippen LogP contribution in [0.5, 0.6) is 5.75 Å². The number of hydrogen-bond donors (Lipinski definition) is 1. The number of pyridine rings is 1. The van der Waals surface area contributed by atoms with Crippen LogP contribution in [0.2, 0.25) is 0 Å². The van der Waals surface area contributed by atoms with Crippen LogP contribution in [0, 0.1) is 12.7 Å². The summed E-state index contributed by atoms with van der Waals surface area (Å²) in [6.45, 7) is 3.74. The average molecular weight is 396 g/mol. The lowest BCUT2D eigenvalue weighted by molar-refractivity contribution is 0.183. The van der Waals surface area contributed by atoms with E-state index in [9.17, 15) is 14.3 Å². The maximum absolute atomic E-state index is 13.5. The molecule has 4 rings (SSSR count). The minimum atomic E-state index is -0.424. The molecule has 0 saturated carbocycles. The van der Waals surface area contributed by atoms with Crippen LogP contribution in [0.1, 0.15) is 47.9 Å². The van der Waals surface area contributed by atoms with Crippen molar-refractivity contribution < 1.29 is 13.9 Å². The van der Waals surface area contributed by atoms with Gasteiger partial charge in [-0.1, -0.05) is 18.6 Å². The van der Waals surface area contributed by atoms with Gasteiger partial charge in [0.05, 0.1) is 24.4 Å². The Morgan fingerprint density at radius 3 is 2.52 bits per heavy atom. The molecule has 5 nitrogen and oxygen atoms in total. The molecule has 1 aliphatic rings. The maximum atomic E-state index is 13.5. The molecule has 6 heteroatoms. The quantitative estimate of drug-likeness (QED) is 0.702. The van der Waals surface area contributed by atoms with Crippen LogP contribution < -0.4 is 5.56 Å². The number of furan rings is 1. The summed E-state index contributed by atoms with van der Waals surface area (Å²) in [5.41, 5.74) is 1.53. The summed E-state index contributed by atoms with van der Waals surface area (Å²) in [7, 11) is 0. The van der Waals surface area contributed by atoms with Crippen LogP contribution in [0.15, 0.2) is 57.9 Å². The minimum Gasteiger partial charge on any atom is -0.507 e. The van der Waals surface area contributed by atoms with E-state index in [-0.39, 0.29) is 17.1 Å². The van der Waals surface area contributed by atoms with Crippen LogP contribution in [-0.2, 0) is 6.54 Å². The van der Waals surface area contributed by atoms with Gasteiger partial charge in [0.15, 0.2) is 0 Å². The highest BCUT2D eigenvalue weighted by molar-refractivity contribution is 5.41. The second-order valence-corrected chi connectivity index (χ2v) is 7.61. The number of aryl methyl sites for hydroxylation is 1. The molecule has 1 fully saturated rings. The van der Waals surface area contributed by atoms with Crippen molar-refractivity contribution in [1.29, 1.82) is 0 Å². The van der Waals surface area contributed by atoms with E-state index in [0.717, 1.165) is 37.9 Å². The molecule has 29 heavy (non-hydrogen) atoms. The van der Waals surface area contributed by atoms with E-state index in [0.29, 0.717) is 23.6 Å². The van der Waals surface area contributed by atoms with Crippen LogP contribution in [0.25, 0.3) is 0 Å². The summed E-state index contributed by atoms with van der Waals surface area (Å²) in [5.74, 6) is 0.320. The number of benzene rings is 1. The van der Waals surface area contributed by atoms with Crippen molar-refractivity contribution in [1.82, 2.24) is 9.47 Å². The van der Waals surface area contributed by atoms with E-state index in [1.165, 1.54) is 12.1 Å². The highest BCUT2D eigenvalue weighted by atomic mass is 19.1. The van der Waals surface area contributed by atoms with Crippen LogP contribution in [0.3, 0.4) is 0 Å². The van der Waals surface area contributed by atoms with Gasteiger partial charge in [0.25, 0.3) is 5.56 Å². The zero-order chi connectivity index (χ0) is 20.4. The van der Waals surface area contributed by atoms with Crippen molar-refractivity contribution in [3.8, 4) is 5.75 Å². The second kappa shape index (κ2) is 8.25. The molecular formula is C23H25FN2O3. The van der Waals surface area contributed by atoms with Crippen molar-refractivity contribution in [2.45, 2.75) is 38.8 Å². The van der Waals surface area contributed by atoms with Gasteiger partial charge in [-0.25, -0.2) is 4.39 Å². The third-order valence-corrected chi connectivity index (χ3v) is 5.63. The van der Waals surface area contributed by atoms with E-state index in [1.807, 2.05) is 6.07 Å². The maximum Gasteiger partial charge on any atom is 0.260 e. The number of piperidine rings is 1. The summed E-state index contributed by atoms with van der Waals surface area (Å²) in [5, 5.41) is 10.8. The molecule has 152 valence electrons. The molecule has 0 unspecified atom stereocenters. The van der Waals surface area contributed by atoms with Gasteiger partial charge in [-0.3, -0.25) is 9.69 Å². The number of hydrogen-bond acceptors (Lipinski definition) is 4. The highest BCUT2D eigenvalue weighted by Gasteiger charge is 2.30. The van der Waals surface area contributed by atoms with Gasteiger partial charge < -0.3 is 14.1 Å². The zero-order valence-electron chi connectivity index (χ0n) is 16.5. The Morgan fingerprint density at radius 1 is 1.14 bits per heavy atom. The fourth-order valence-corrected chi connectivity index (χ4v) is 4.16. The van der Waals surface area contributed by atoms with Gasteiger partial charge in [-0.2, -0.15) is 0 Å². The lowest BCUT2D eigenvalue weighted by Crippen LogP contribution is -2.38.